The molecule has 1 aliphatic carbocycles. The third-order valence-corrected chi connectivity index (χ3v) is 9.22. The third-order valence-electron chi connectivity index (χ3n) is 9.22. The number of ketones is 2. The van der Waals surface area contributed by atoms with E-state index in [0.29, 0.717) is 0 Å². The molecule has 7 atom stereocenters. The molecule has 5 rings (SSSR count). The molecule has 0 radical (unpaired) electrons. The van der Waals surface area contributed by atoms with E-state index in [9.17, 15) is 49.5 Å². The summed E-state index contributed by atoms with van der Waals surface area (Å²) in [4.78, 5) is 65.3. The van der Waals surface area contributed by atoms with Crippen molar-refractivity contribution >= 4 is 29.5 Å². The Bertz CT molecular complexity index is 1760. The lowest BCUT2D eigenvalue weighted by molar-refractivity contribution is -0.182. The predicted molar refractivity (Wildman–Crippen MR) is 160 cm³/mol. The van der Waals surface area contributed by atoms with Crippen molar-refractivity contribution < 1.29 is 73.2 Å². The third kappa shape index (κ3) is 4.83. The van der Waals surface area contributed by atoms with Crippen molar-refractivity contribution in [2.75, 3.05) is 21.3 Å². The van der Waals surface area contributed by atoms with Crippen LogP contribution in [0.1, 0.15) is 47.4 Å². The van der Waals surface area contributed by atoms with Gasteiger partial charge in [0.1, 0.15) is 58.0 Å². The van der Waals surface area contributed by atoms with E-state index in [4.69, 9.17) is 18.9 Å². The van der Waals surface area contributed by atoms with Crippen LogP contribution in [0.25, 0.3) is 11.1 Å². The number of ether oxygens (including phenoxy) is 5. The molecule has 48 heavy (non-hydrogen) atoms. The largest absolute Gasteiger partial charge is 0.512 e. The molecule has 3 aliphatic rings. The fourth-order valence-electron chi connectivity index (χ4n) is 6.76. The van der Waals surface area contributed by atoms with E-state index in [1.807, 2.05) is 0 Å². The van der Waals surface area contributed by atoms with E-state index in [1.54, 1.807) is 0 Å². The number of phenols is 2. The zero-order valence-electron chi connectivity index (χ0n) is 26.5. The van der Waals surface area contributed by atoms with Crippen LogP contribution in [-0.4, -0.2) is 99.7 Å². The number of aliphatic hydroxyl groups is 3. The van der Waals surface area contributed by atoms with Gasteiger partial charge >= 0.3 is 17.9 Å². The number of benzene rings is 2. The van der Waals surface area contributed by atoms with Gasteiger partial charge < -0.3 is 49.2 Å². The van der Waals surface area contributed by atoms with Crippen molar-refractivity contribution in [3.05, 3.63) is 47.2 Å². The average molecular weight is 671 g/mol. The molecule has 2 aromatic carbocycles. The summed E-state index contributed by atoms with van der Waals surface area (Å²) in [6, 6.07) is 4.85. The molecule has 0 amide bonds. The van der Waals surface area contributed by atoms with E-state index < -0.39 is 105 Å². The van der Waals surface area contributed by atoms with Crippen molar-refractivity contribution in [2.45, 2.75) is 50.1 Å². The molecule has 2 aliphatic heterocycles. The van der Waals surface area contributed by atoms with Crippen molar-refractivity contribution in [3.63, 3.8) is 0 Å². The lowest BCUT2D eigenvalue weighted by atomic mass is 9.67. The van der Waals surface area contributed by atoms with Gasteiger partial charge in [-0.1, -0.05) is 13.8 Å². The number of hydrogen-bond donors (Lipinski definition) is 5. The molecule has 256 valence electrons. The molecule has 0 fully saturated rings. The average Bonchev–Trinajstić information content (AvgIpc) is 3.05. The standard InChI is InChI=1S/C33H34O15/c1-13-10-17(34)24-27(39)23-20(48-33(24,29(13)41)31(43)46-5)9-7-16(26(23)38)15-6-8-19-22(25(15)37)18(35)12-32(47-19,30(42)45-4)28(40)14(2)11-21(36)44-3/h6-10,13-14,24,28-29,34,37-38,40-41H,11-12H2,1-5H3/t13-,14-,24?,28+,29+,32-,33+/m0/s1. The van der Waals surface area contributed by atoms with Gasteiger partial charge in [0, 0.05) is 17.0 Å². The highest BCUT2D eigenvalue weighted by Gasteiger charge is 2.66. The molecular weight excluding hydrogens is 636 g/mol. The summed E-state index contributed by atoms with van der Waals surface area (Å²) in [5, 5.41) is 55.7. The van der Waals surface area contributed by atoms with Gasteiger partial charge in [-0.15, -0.1) is 0 Å². The molecule has 0 saturated heterocycles. The van der Waals surface area contributed by atoms with Gasteiger partial charge in [0.2, 0.25) is 11.2 Å². The Morgan fingerprint density at radius 2 is 1.46 bits per heavy atom. The highest BCUT2D eigenvalue weighted by atomic mass is 16.6. The molecule has 0 spiro atoms. The second-order valence-electron chi connectivity index (χ2n) is 12.0. The minimum Gasteiger partial charge on any atom is -0.512 e. The SMILES string of the molecule is COC(=O)C[C@H](C)[C@@H](O)[C@]1(C(=O)OC)CC(=O)c2c(ccc(-c3ccc4c(c3O)C(=O)C3C(O)=C[C@H](C)[C@@H](O)[C@]3(C(=O)OC)O4)c2O)O1. The van der Waals surface area contributed by atoms with Crippen LogP contribution >= 0.6 is 0 Å². The van der Waals surface area contributed by atoms with E-state index in [1.165, 1.54) is 44.2 Å². The fraction of sp³-hybridized carbons (Fsp3) is 0.424. The summed E-state index contributed by atoms with van der Waals surface area (Å²) >= 11 is 0. The maximum Gasteiger partial charge on any atom is 0.354 e. The zero-order chi connectivity index (χ0) is 35.5. The molecule has 2 heterocycles. The Morgan fingerprint density at radius 1 is 0.896 bits per heavy atom. The zero-order valence-corrected chi connectivity index (χ0v) is 26.5. The predicted octanol–water partition coefficient (Wildman–Crippen LogP) is 1.76. The first-order valence-electron chi connectivity index (χ1n) is 14.8. The maximum absolute atomic E-state index is 13.9. The smallest absolute Gasteiger partial charge is 0.354 e. The Labute approximate surface area is 273 Å². The first-order chi connectivity index (χ1) is 22.6. The van der Waals surface area contributed by atoms with E-state index in [0.717, 1.165) is 21.3 Å². The molecule has 15 heteroatoms. The first kappa shape index (κ1) is 34.2. The molecule has 1 unspecified atom stereocenters. The van der Waals surface area contributed by atoms with Gasteiger partial charge in [-0.25, -0.2) is 9.59 Å². The van der Waals surface area contributed by atoms with Crippen LogP contribution in [0.3, 0.4) is 0 Å². The van der Waals surface area contributed by atoms with Crippen LogP contribution in [0.5, 0.6) is 23.0 Å². The number of fused-ring (bicyclic) bond motifs is 3. The first-order valence-corrected chi connectivity index (χ1v) is 14.8. The normalized spacial score (nSPS) is 27.1. The van der Waals surface area contributed by atoms with E-state index in [2.05, 4.69) is 4.74 Å². The highest BCUT2D eigenvalue weighted by molar-refractivity contribution is 6.12. The molecule has 15 nitrogen and oxygen atoms in total. The summed E-state index contributed by atoms with van der Waals surface area (Å²) in [7, 11) is 3.19. The van der Waals surface area contributed by atoms with Gasteiger partial charge in [0.05, 0.1) is 34.2 Å². The molecule has 0 aromatic heterocycles. The van der Waals surface area contributed by atoms with E-state index in [-0.39, 0.29) is 29.0 Å². The van der Waals surface area contributed by atoms with Crippen molar-refractivity contribution in [2.24, 2.45) is 17.8 Å². The number of phenolic OH excluding ortho intramolecular Hbond substituents is 2. The quantitative estimate of drug-likeness (QED) is 0.209. The van der Waals surface area contributed by atoms with Crippen molar-refractivity contribution in [1.82, 2.24) is 0 Å². The van der Waals surface area contributed by atoms with Gasteiger partial charge in [-0.3, -0.25) is 14.4 Å². The number of methoxy groups -OCH3 is 3. The minimum atomic E-state index is -2.37. The number of aliphatic hydroxyl groups excluding tert-OH is 3. The van der Waals surface area contributed by atoms with Crippen LogP contribution in [0.4, 0.5) is 0 Å². The summed E-state index contributed by atoms with van der Waals surface area (Å²) in [6.07, 6.45) is -3.30. The Kier molecular flexibility index (Phi) is 8.65. The lowest BCUT2D eigenvalue weighted by Gasteiger charge is -2.47. The molecule has 0 saturated carbocycles. The fourth-order valence-corrected chi connectivity index (χ4v) is 6.76. The minimum absolute atomic E-state index is 0.161. The molecule has 2 aromatic rings. The number of carbonyl (C=O) groups excluding carboxylic acids is 5. The van der Waals surface area contributed by atoms with Gasteiger partial charge in [-0.05, 0) is 36.3 Å². The topological polar surface area (TPSA) is 233 Å². The Balaban J connectivity index is 1.59. The van der Waals surface area contributed by atoms with Crippen molar-refractivity contribution in [1.29, 1.82) is 0 Å². The van der Waals surface area contributed by atoms with Crippen LogP contribution in [0.15, 0.2) is 36.1 Å². The number of carbonyl (C=O) groups is 5. The van der Waals surface area contributed by atoms with Gasteiger partial charge in [-0.2, -0.15) is 0 Å². The highest BCUT2D eigenvalue weighted by Crippen LogP contribution is 2.53. The van der Waals surface area contributed by atoms with Gasteiger partial charge in [0.25, 0.3) is 0 Å². The second-order valence-corrected chi connectivity index (χ2v) is 12.0. The maximum atomic E-state index is 13.9. The lowest BCUT2D eigenvalue weighted by Crippen LogP contribution is -2.67. The number of esters is 3. The summed E-state index contributed by atoms with van der Waals surface area (Å²) in [5.74, 6) is -11.0. The summed E-state index contributed by atoms with van der Waals surface area (Å²) in [6.45, 7) is 2.94. The summed E-state index contributed by atoms with van der Waals surface area (Å²) < 4.78 is 26.1. The van der Waals surface area contributed by atoms with Crippen LogP contribution in [-0.2, 0) is 28.6 Å². The molecule has 0 bridgehead atoms. The number of aromatic hydroxyl groups is 2. The van der Waals surface area contributed by atoms with Crippen molar-refractivity contribution in [3.8, 4) is 34.1 Å². The van der Waals surface area contributed by atoms with Crippen LogP contribution in [0.2, 0.25) is 0 Å². The molecule has 5 N–H and O–H groups in total. The Hall–Kier alpha value is -5.15. The second kappa shape index (κ2) is 12.1. The number of Topliss-reactive ketones (excluding diaryl/α,β-unsaturated/α-hetero) is 2. The molecular formula is C33H34O15. The van der Waals surface area contributed by atoms with E-state index >= 15 is 0 Å². The van der Waals surface area contributed by atoms with Crippen LogP contribution in [0, 0.1) is 17.8 Å². The Morgan fingerprint density at radius 3 is 2.02 bits per heavy atom. The monoisotopic (exact) mass is 670 g/mol. The number of rotatable bonds is 7. The summed E-state index contributed by atoms with van der Waals surface area (Å²) in [5.41, 5.74) is -5.88. The van der Waals surface area contributed by atoms with Gasteiger partial charge in [0.15, 0.2) is 11.6 Å². The number of hydrogen-bond acceptors (Lipinski definition) is 15. The van der Waals surface area contributed by atoms with Crippen LogP contribution < -0.4 is 9.47 Å².